The van der Waals surface area contributed by atoms with E-state index < -0.39 is 0 Å². The monoisotopic (exact) mass is 371 g/mol. The molecule has 0 aliphatic carbocycles. The van der Waals surface area contributed by atoms with Gasteiger partial charge in [0.25, 0.3) is 0 Å². The number of piperidine rings is 1. The summed E-state index contributed by atoms with van der Waals surface area (Å²) in [7, 11) is 0. The fraction of sp³-hybridized carbons (Fsp3) is 0.238. The van der Waals surface area contributed by atoms with Crippen LogP contribution in [-0.2, 0) is 0 Å². The molecule has 3 N–H and O–H groups in total. The van der Waals surface area contributed by atoms with Gasteiger partial charge in [0.15, 0.2) is 0 Å². The minimum absolute atomic E-state index is 0.226. The molecule has 0 bridgehead atoms. The molecular formula is C21H21N7. The first-order chi connectivity index (χ1) is 13.8. The van der Waals surface area contributed by atoms with Gasteiger partial charge in [-0.15, -0.1) is 0 Å². The Morgan fingerprint density at radius 1 is 1.07 bits per heavy atom. The molecule has 1 atom stereocenters. The SMILES string of the molecule is NC1CCCN(c2ccc(-c3n[nH]c4cnc(-c5cccnc5)cc34)cn2)C1. The van der Waals surface area contributed by atoms with Crippen LogP contribution in [0.25, 0.3) is 33.4 Å². The van der Waals surface area contributed by atoms with Crippen LogP contribution < -0.4 is 10.6 Å². The zero-order valence-electron chi connectivity index (χ0n) is 15.4. The van der Waals surface area contributed by atoms with Crippen molar-refractivity contribution in [3.05, 3.63) is 55.1 Å². The molecule has 1 saturated heterocycles. The van der Waals surface area contributed by atoms with Crippen molar-refractivity contribution in [2.24, 2.45) is 5.73 Å². The maximum atomic E-state index is 6.10. The third-order valence-electron chi connectivity index (χ3n) is 5.21. The van der Waals surface area contributed by atoms with E-state index in [9.17, 15) is 0 Å². The summed E-state index contributed by atoms with van der Waals surface area (Å²) in [5.41, 5.74) is 10.7. The van der Waals surface area contributed by atoms with E-state index >= 15 is 0 Å². The Morgan fingerprint density at radius 3 is 2.82 bits per heavy atom. The smallest absolute Gasteiger partial charge is 0.128 e. The van der Waals surface area contributed by atoms with Crippen LogP contribution in [0, 0.1) is 0 Å². The van der Waals surface area contributed by atoms with Gasteiger partial charge < -0.3 is 10.6 Å². The topological polar surface area (TPSA) is 96.6 Å². The average Bonchev–Trinajstić information content (AvgIpc) is 3.18. The number of hydrogen-bond donors (Lipinski definition) is 2. The highest BCUT2D eigenvalue weighted by Crippen LogP contribution is 2.29. The quantitative estimate of drug-likeness (QED) is 0.575. The van der Waals surface area contributed by atoms with E-state index in [4.69, 9.17) is 5.73 Å². The van der Waals surface area contributed by atoms with E-state index in [1.54, 1.807) is 6.20 Å². The second-order valence-corrected chi connectivity index (χ2v) is 7.18. The van der Waals surface area contributed by atoms with Gasteiger partial charge in [-0.3, -0.25) is 15.1 Å². The van der Waals surface area contributed by atoms with Crippen LogP contribution in [0.3, 0.4) is 0 Å². The summed E-state index contributed by atoms with van der Waals surface area (Å²) in [4.78, 5) is 15.6. The van der Waals surface area contributed by atoms with Gasteiger partial charge in [0.2, 0.25) is 0 Å². The molecule has 5 heterocycles. The standard InChI is InChI=1S/C21H21N7/c22-16-4-2-8-28(13-16)20-6-5-15(11-25-20)21-17-9-18(14-3-1-7-23-10-14)24-12-19(17)26-27-21/h1,3,5-7,9-12,16H,2,4,8,13,22H2,(H,26,27). The molecule has 0 amide bonds. The predicted molar refractivity (Wildman–Crippen MR) is 110 cm³/mol. The van der Waals surface area contributed by atoms with Gasteiger partial charge in [-0.05, 0) is 43.2 Å². The molecule has 7 nitrogen and oxygen atoms in total. The molecule has 1 aliphatic rings. The zero-order chi connectivity index (χ0) is 18.9. The van der Waals surface area contributed by atoms with Gasteiger partial charge in [-0.2, -0.15) is 5.10 Å². The van der Waals surface area contributed by atoms with Crippen molar-refractivity contribution in [1.82, 2.24) is 25.1 Å². The fourth-order valence-corrected chi connectivity index (χ4v) is 3.74. The van der Waals surface area contributed by atoms with Crippen LogP contribution in [0.15, 0.2) is 55.1 Å². The molecule has 0 spiro atoms. The van der Waals surface area contributed by atoms with Crippen LogP contribution in [0.5, 0.6) is 0 Å². The predicted octanol–water partition coefficient (Wildman–Crippen LogP) is 3.01. The maximum Gasteiger partial charge on any atom is 0.128 e. The van der Waals surface area contributed by atoms with Crippen molar-refractivity contribution in [3.63, 3.8) is 0 Å². The van der Waals surface area contributed by atoms with Crippen LogP contribution in [0.4, 0.5) is 5.82 Å². The third-order valence-corrected chi connectivity index (χ3v) is 5.21. The number of aromatic amines is 1. The largest absolute Gasteiger partial charge is 0.355 e. The lowest BCUT2D eigenvalue weighted by Gasteiger charge is -2.31. The van der Waals surface area contributed by atoms with E-state index in [1.807, 2.05) is 36.8 Å². The molecule has 1 unspecified atom stereocenters. The van der Waals surface area contributed by atoms with Crippen LogP contribution in [0.1, 0.15) is 12.8 Å². The van der Waals surface area contributed by atoms with E-state index in [2.05, 4.69) is 42.2 Å². The summed E-state index contributed by atoms with van der Waals surface area (Å²) < 4.78 is 0. The van der Waals surface area contributed by atoms with Crippen molar-refractivity contribution in [3.8, 4) is 22.5 Å². The Balaban J connectivity index is 1.49. The second kappa shape index (κ2) is 7.01. The molecule has 1 aliphatic heterocycles. The Morgan fingerprint density at radius 2 is 2.04 bits per heavy atom. The minimum Gasteiger partial charge on any atom is -0.355 e. The summed E-state index contributed by atoms with van der Waals surface area (Å²) in [6.45, 7) is 1.86. The molecule has 0 saturated carbocycles. The lowest BCUT2D eigenvalue weighted by Crippen LogP contribution is -2.43. The van der Waals surface area contributed by atoms with Crippen molar-refractivity contribution in [1.29, 1.82) is 0 Å². The number of nitrogens with one attached hydrogen (secondary N) is 1. The molecule has 4 aromatic heterocycles. The van der Waals surface area contributed by atoms with Gasteiger partial charge >= 0.3 is 0 Å². The van der Waals surface area contributed by atoms with Crippen molar-refractivity contribution in [2.45, 2.75) is 18.9 Å². The van der Waals surface area contributed by atoms with E-state index in [1.165, 1.54) is 0 Å². The van der Waals surface area contributed by atoms with Gasteiger partial charge in [0.05, 0.1) is 17.4 Å². The van der Waals surface area contributed by atoms with Crippen LogP contribution >= 0.6 is 0 Å². The number of fused-ring (bicyclic) bond motifs is 1. The summed E-state index contributed by atoms with van der Waals surface area (Å²) in [6, 6.07) is 10.3. The highest BCUT2D eigenvalue weighted by atomic mass is 15.2. The summed E-state index contributed by atoms with van der Waals surface area (Å²) in [5, 5.41) is 8.58. The average molecular weight is 371 g/mol. The number of pyridine rings is 3. The summed E-state index contributed by atoms with van der Waals surface area (Å²) >= 11 is 0. The molecular weight excluding hydrogens is 350 g/mol. The fourth-order valence-electron chi connectivity index (χ4n) is 3.74. The van der Waals surface area contributed by atoms with E-state index in [-0.39, 0.29) is 6.04 Å². The van der Waals surface area contributed by atoms with E-state index in [0.717, 1.165) is 65.2 Å². The van der Waals surface area contributed by atoms with Gasteiger partial charge in [-0.1, -0.05) is 0 Å². The molecule has 140 valence electrons. The minimum atomic E-state index is 0.226. The number of aromatic nitrogens is 5. The van der Waals surface area contributed by atoms with Gasteiger partial charge in [-0.25, -0.2) is 4.98 Å². The molecule has 28 heavy (non-hydrogen) atoms. The highest BCUT2D eigenvalue weighted by molar-refractivity contribution is 5.94. The van der Waals surface area contributed by atoms with Crippen molar-refractivity contribution in [2.75, 3.05) is 18.0 Å². The molecule has 1 fully saturated rings. The van der Waals surface area contributed by atoms with Crippen LogP contribution in [0.2, 0.25) is 0 Å². The van der Waals surface area contributed by atoms with Crippen LogP contribution in [-0.4, -0.2) is 44.3 Å². The van der Waals surface area contributed by atoms with Gasteiger partial charge in [0, 0.05) is 54.2 Å². The number of nitrogens with two attached hydrogens (primary N) is 1. The van der Waals surface area contributed by atoms with Crippen molar-refractivity contribution >= 4 is 16.7 Å². The lowest BCUT2D eigenvalue weighted by atomic mass is 10.1. The molecule has 5 rings (SSSR count). The van der Waals surface area contributed by atoms with Gasteiger partial charge in [0.1, 0.15) is 11.5 Å². The first-order valence-corrected chi connectivity index (χ1v) is 9.49. The highest BCUT2D eigenvalue weighted by Gasteiger charge is 2.18. The van der Waals surface area contributed by atoms with Crippen molar-refractivity contribution < 1.29 is 0 Å². The summed E-state index contributed by atoms with van der Waals surface area (Å²) in [5.74, 6) is 0.969. The normalized spacial score (nSPS) is 17.2. The second-order valence-electron chi connectivity index (χ2n) is 7.18. The Hall–Kier alpha value is -3.32. The maximum absolute atomic E-state index is 6.10. The molecule has 7 heteroatoms. The Labute approximate surface area is 162 Å². The first-order valence-electron chi connectivity index (χ1n) is 9.49. The molecule has 0 aromatic carbocycles. The Bertz CT molecular complexity index is 1090. The molecule has 0 radical (unpaired) electrons. The number of nitrogens with zero attached hydrogens (tertiary/aromatic N) is 5. The lowest BCUT2D eigenvalue weighted by molar-refractivity contribution is 0.503. The number of rotatable bonds is 3. The van der Waals surface area contributed by atoms with E-state index in [0.29, 0.717) is 0 Å². The first kappa shape index (κ1) is 16.8. The molecule has 4 aromatic rings. The zero-order valence-corrected chi connectivity index (χ0v) is 15.4. The number of anilines is 1. The Kier molecular flexibility index (Phi) is 4.21. The number of H-pyrrole nitrogens is 1. The summed E-state index contributed by atoms with van der Waals surface area (Å²) in [6.07, 6.45) is 9.46. The number of hydrogen-bond acceptors (Lipinski definition) is 6. The third kappa shape index (κ3) is 3.10.